The minimum absolute atomic E-state index is 0.0954. The van der Waals surface area contributed by atoms with Crippen LogP contribution in [0.5, 0.6) is 0 Å². The van der Waals surface area contributed by atoms with Crippen molar-refractivity contribution in [3.8, 4) is 0 Å². The van der Waals surface area contributed by atoms with Crippen molar-refractivity contribution in [1.29, 1.82) is 0 Å². The highest BCUT2D eigenvalue weighted by molar-refractivity contribution is 6.04. The van der Waals surface area contributed by atoms with Crippen LogP contribution in [0.3, 0.4) is 0 Å². The van der Waals surface area contributed by atoms with E-state index in [1.54, 1.807) is 19.1 Å². The van der Waals surface area contributed by atoms with Crippen molar-refractivity contribution < 1.29 is 18.0 Å². The van der Waals surface area contributed by atoms with Gasteiger partial charge in [0.25, 0.3) is 5.91 Å². The predicted octanol–water partition coefficient (Wildman–Crippen LogP) is 4.26. The van der Waals surface area contributed by atoms with Gasteiger partial charge in [-0.2, -0.15) is 13.2 Å². The summed E-state index contributed by atoms with van der Waals surface area (Å²) in [5, 5.41) is 2.67. The maximum Gasteiger partial charge on any atom is 0.417 e. The number of carbonyl (C=O) groups excluding carboxylic acids is 1. The van der Waals surface area contributed by atoms with Crippen LogP contribution in [-0.2, 0) is 12.6 Å². The number of nitrogens with zero attached hydrogens (tertiary/aromatic N) is 3. The van der Waals surface area contributed by atoms with E-state index in [9.17, 15) is 18.0 Å². The van der Waals surface area contributed by atoms with Gasteiger partial charge in [-0.3, -0.25) is 9.20 Å². The van der Waals surface area contributed by atoms with Gasteiger partial charge in [0.2, 0.25) is 0 Å². The minimum Gasteiger partial charge on any atom is -0.305 e. The first-order valence-electron chi connectivity index (χ1n) is 8.12. The molecular formula is C18H17F3N4O. The Morgan fingerprint density at radius 2 is 2.04 bits per heavy atom. The third-order valence-electron chi connectivity index (χ3n) is 3.96. The quantitative estimate of drug-likeness (QED) is 0.754. The molecular weight excluding hydrogens is 345 g/mol. The standard InChI is InChI=1S/C18H17F3N4O/c1-3-5-13-15(17(26)24-16-11(2)6-4-9-22-16)25-10-12(18(19,20)21)7-8-14(25)23-13/h4,6-10H,3,5H2,1-2H3,(H,22,24,26). The second-order valence-corrected chi connectivity index (χ2v) is 5.92. The molecule has 3 heterocycles. The Bertz CT molecular complexity index is 963. The molecule has 0 aliphatic heterocycles. The fourth-order valence-corrected chi connectivity index (χ4v) is 2.70. The number of fused-ring (bicyclic) bond motifs is 1. The van der Waals surface area contributed by atoms with E-state index in [0.717, 1.165) is 17.8 Å². The summed E-state index contributed by atoms with van der Waals surface area (Å²) in [6, 6.07) is 5.75. The first-order chi connectivity index (χ1) is 12.3. The molecule has 1 amide bonds. The average molecular weight is 362 g/mol. The van der Waals surface area contributed by atoms with Crippen LogP contribution in [0.1, 0.15) is 40.7 Å². The Kier molecular flexibility index (Phi) is 4.67. The minimum atomic E-state index is -4.51. The zero-order valence-electron chi connectivity index (χ0n) is 14.3. The lowest BCUT2D eigenvalue weighted by Crippen LogP contribution is -2.18. The molecule has 0 atom stereocenters. The van der Waals surface area contributed by atoms with E-state index >= 15 is 0 Å². The number of aryl methyl sites for hydroxylation is 2. The number of hydrogen-bond acceptors (Lipinski definition) is 3. The van der Waals surface area contributed by atoms with E-state index in [2.05, 4.69) is 15.3 Å². The van der Waals surface area contributed by atoms with E-state index in [-0.39, 0.29) is 5.69 Å². The summed E-state index contributed by atoms with van der Waals surface area (Å²) in [6.45, 7) is 3.70. The van der Waals surface area contributed by atoms with Crippen LogP contribution in [0.25, 0.3) is 5.65 Å². The van der Waals surface area contributed by atoms with Gasteiger partial charge in [0.15, 0.2) is 0 Å². The third kappa shape index (κ3) is 3.40. The van der Waals surface area contributed by atoms with E-state index < -0.39 is 17.6 Å². The third-order valence-corrected chi connectivity index (χ3v) is 3.96. The molecule has 0 radical (unpaired) electrons. The van der Waals surface area contributed by atoms with Crippen LogP contribution in [0.2, 0.25) is 0 Å². The van der Waals surface area contributed by atoms with Gasteiger partial charge >= 0.3 is 6.18 Å². The second-order valence-electron chi connectivity index (χ2n) is 5.92. The van der Waals surface area contributed by atoms with Crippen molar-refractivity contribution in [2.75, 3.05) is 5.32 Å². The molecule has 136 valence electrons. The highest BCUT2D eigenvalue weighted by Gasteiger charge is 2.32. The summed E-state index contributed by atoms with van der Waals surface area (Å²) in [6.07, 6.45) is -0.881. The molecule has 5 nitrogen and oxygen atoms in total. The van der Waals surface area contributed by atoms with E-state index in [4.69, 9.17) is 0 Å². The Morgan fingerprint density at radius 1 is 1.27 bits per heavy atom. The smallest absolute Gasteiger partial charge is 0.305 e. The fraction of sp³-hybridized carbons (Fsp3) is 0.278. The normalized spacial score (nSPS) is 11.7. The maximum atomic E-state index is 13.1. The van der Waals surface area contributed by atoms with Crippen LogP contribution in [-0.4, -0.2) is 20.3 Å². The number of pyridine rings is 2. The molecule has 0 aromatic carbocycles. The van der Waals surface area contributed by atoms with Gasteiger partial charge in [-0.05, 0) is 37.1 Å². The van der Waals surface area contributed by atoms with Crippen LogP contribution >= 0.6 is 0 Å². The summed E-state index contributed by atoms with van der Waals surface area (Å²) in [5.41, 5.74) is 0.761. The van der Waals surface area contributed by atoms with Crippen LogP contribution in [0.4, 0.5) is 19.0 Å². The molecule has 0 bridgehead atoms. The number of alkyl halides is 3. The number of hydrogen-bond donors (Lipinski definition) is 1. The molecule has 0 fully saturated rings. The van der Waals surface area contributed by atoms with Gasteiger partial charge in [-0.25, -0.2) is 9.97 Å². The largest absolute Gasteiger partial charge is 0.417 e. The number of rotatable bonds is 4. The molecule has 0 unspecified atom stereocenters. The predicted molar refractivity (Wildman–Crippen MR) is 91.1 cm³/mol. The summed E-state index contributed by atoms with van der Waals surface area (Å²) in [4.78, 5) is 21.2. The van der Waals surface area contributed by atoms with Crippen molar-refractivity contribution in [2.45, 2.75) is 32.9 Å². The Morgan fingerprint density at radius 3 is 2.69 bits per heavy atom. The number of nitrogens with one attached hydrogen (secondary N) is 1. The molecule has 0 aliphatic rings. The molecule has 8 heteroatoms. The van der Waals surface area contributed by atoms with Crippen molar-refractivity contribution >= 4 is 17.4 Å². The highest BCUT2D eigenvalue weighted by Crippen LogP contribution is 2.30. The SMILES string of the molecule is CCCc1nc2ccc(C(F)(F)F)cn2c1C(=O)Nc1ncccc1C. The fourth-order valence-electron chi connectivity index (χ4n) is 2.70. The van der Waals surface area contributed by atoms with Gasteiger partial charge in [-0.1, -0.05) is 19.4 Å². The van der Waals surface area contributed by atoms with E-state index in [1.165, 1.54) is 16.7 Å². The molecule has 3 rings (SSSR count). The number of aromatic nitrogens is 3. The number of imidazole rings is 1. The molecule has 3 aromatic heterocycles. The first-order valence-corrected chi connectivity index (χ1v) is 8.12. The lowest BCUT2D eigenvalue weighted by Gasteiger charge is -2.10. The molecule has 1 N–H and O–H groups in total. The van der Waals surface area contributed by atoms with Crippen molar-refractivity contribution in [3.05, 3.63) is 59.2 Å². The van der Waals surface area contributed by atoms with Crippen LogP contribution in [0.15, 0.2) is 36.7 Å². The number of carbonyl (C=O) groups is 1. The van der Waals surface area contributed by atoms with Crippen LogP contribution in [0, 0.1) is 6.92 Å². The van der Waals surface area contributed by atoms with Gasteiger partial charge in [0, 0.05) is 12.4 Å². The number of amides is 1. The van der Waals surface area contributed by atoms with Gasteiger partial charge < -0.3 is 5.32 Å². The Labute approximate surface area is 147 Å². The number of halogens is 3. The zero-order valence-corrected chi connectivity index (χ0v) is 14.3. The molecule has 0 aliphatic carbocycles. The second kappa shape index (κ2) is 6.78. The van der Waals surface area contributed by atoms with Crippen molar-refractivity contribution in [3.63, 3.8) is 0 Å². The molecule has 26 heavy (non-hydrogen) atoms. The molecule has 0 saturated heterocycles. The van der Waals surface area contributed by atoms with Crippen LogP contribution < -0.4 is 5.32 Å². The van der Waals surface area contributed by atoms with Gasteiger partial charge in [-0.15, -0.1) is 0 Å². The van der Waals surface area contributed by atoms with Gasteiger partial charge in [0.1, 0.15) is 17.2 Å². The summed E-state index contributed by atoms with van der Waals surface area (Å²) in [7, 11) is 0. The number of anilines is 1. The molecule has 3 aromatic rings. The zero-order chi connectivity index (χ0) is 18.9. The Hall–Kier alpha value is -2.90. The first kappa shape index (κ1) is 17.9. The monoisotopic (exact) mass is 362 g/mol. The topological polar surface area (TPSA) is 59.3 Å². The summed E-state index contributed by atoms with van der Waals surface area (Å²) >= 11 is 0. The van der Waals surface area contributed by atoms with Gasteiger partial charge in [0.05, 0.1) is 11.3 Å². The molecule has 0 spiro atoms. The average Bonchev–Trinajstić information content (AvgIpc) is 2.93. The van der Waals surface area contributed by atoms with E-state index in [1.807, 2.05) is 6.92 Å². The van der Waals surface area contributed by atoms with Crippen molar-refractivity contribution in [1.82, 2.24) is 14.4 Å². The lowest BCUT2D eigenvalue weighted by molar-refractivity contribution is -0.137. The maximum absolute atomic E-state index is 13.1. The Balaban J connectivity index is 2.10. The lowest BCUT2D eigenvalue weighted by atomic mass is 10.2. The van der Waals surface area contributed by atoms with E-state index in [0.29, 0.717) is 30.0 Å². The summed E-state index contributed by atoms with van der Waals surface area (Å²) in [5.74, 6) is -0.177. The highest BCUT2D eigenvalue weighted by atomic mass is 19.4. The summed E-state index contributed by atoms with van der Waals surface area (Å²) < 4.78 is 40.4. The molecule has 0 saturated carbocycles. The van der Waals surface area contributed by atoms with Crippen molar-refractivity contribution in [2.24, 2.45) is 0 Å².